The molecule has 2 aliphatic rings. The minimum Gasteiger partial charge on any atom is -0.356 e. The molecular weight excluding hydrogens is 374 g/mol. The van der Waals surface area contributed by atoms with Crippen molar-refractivity contribution in [3.8, 4) is 0 Å². The van der Waals surface area contributed by atoms with Crippen LogP contribution in [0.1, 0.15) is 57.4 Å². The van der Waals surface area contributed by atoms with Crippen LogP contribution in [-0.4, -0.2) is 38.0 Å². The second kappa shape index (κ2) is 10.8. The zero-order chi connectivity index (χ0) is 19.2. The first kappa shape index (κ1) is 22.7. The molecule has 3 atom stereocenters. The molecule has 2 N–H and O–H groups in total. The predicted molar refractivity (Wildman–Crippen MR) is 116 cm³/mol. The van der Waals surface area contributed by atoms with Gasteiger partial charge in [-0.15, -0.1) is 12.4 Å². The van der Waals surface area contributed by atoms with E-state index in [0.717, 1.165) is 31.6 Å². The summed E-state index contributed by atoms with van der Waals surface area (Å²) in [5.74, 6) is 0.888. The Balaban J connectivity index is 0.00000280. The van der Waals surface area contributed by atoms with Crippen molar-refractivity contribution < 1.29 is 9.59 Å². The lowest BCUT2D eigenvalue weighted by Crippen LogP contribution is -2.36. The number of nitrogens with zero attached hydrogens (tertiary/aromatic N) is 1. The topological polar surface area (TPSA) is 61.4 Å². The molecule has 1 aromatic carbocycles. The molecule has 3 rings (SSSR count). The molecule has 156 valence electrons. The van der Waals surface area contributed by atoms with Crippen molar-refractivity contribution in [3.63, 3.8) is 0 Å². The molecule has 3 unspecified atom stereocenters. The smallest absolute Gasteiger partial charge is 0.227 e. The number of benzene rings is 1. The maximum absolute atomic E-state index is 12.6. The highest BCUT2D eigenvalue weighted by atomic mass is 35.5. The first-order chi connectivity index (χ1) is 13.1. The lowest BCUT2D eigenvalue weighted by atomic mass is 9.96. The summed E-state index contributed by atoms with van der Waals surface area (Å²) >= 11 is 0. The fraction of sp³-hybridized carbons (Fsp3) is 0.636. The molecule has 1 aromatic rings. The van der Waals surface area contributed by atoms with Crippen LogP contribution in [0, 0.1) is 11.8 Å². The van der Waals surface area contributed by atoms with Crippen molar-refractivity contribution in [1.82, 2.24) is 10.6 Å². The molecule has 0 aromatic heterocycles. The van der Waals surface area contributed by atoms with Crippen molar-refractivity contribution in [1.29, 1.82) is 0 Å². The number of piperidine rings is 1. The summed E-state index contributed by atoms with van der Waals surface area (Å²) in [6, 6.07) is 8.11. The second-order valence-corrected chi connectivity index (χ2v) is 8.07. The number of rotatable bonds is 7. The summed E-state index contributed by atoms with van der Waals surface area (Å²) in [7, 11) is 0. The average molecular weight is 408 g/mol. The fourth-order valence-electron chi connectivity index (χ4n) is 4.20. The lowest BCUT2D eigenvalue weighted by molar-refractivity contribution is -0.126. The van der Waals surface area contributed by atoms with Crippen LogP contribution in [0.25, 0.3) is 0 Å². The molecule has 0 spiro atoms. The molecule has 5 nitrogen and oxygen atoms in total. The summed E-state index contributed by atoms with van der Waals surface area (Å²) in [5.41, 5.74) is 2.17. The fourth-order valence-corrected chi connectivity index (χ4v) is 4.20. The number of hydrogen-bond donors (Lipinski definition) is 2. The number of nitrogens with one attached hydrogen (secondary N) is 2. The van der Waals surface area contributed by atoms with E-state index in [1.165, 1.54) is 18.4 Å². The van der Waals surface area contributed by atoms with E-state index in [9.17, 15) is 9.59 Å². The van der Waals surface area contributed by atoms with Gasteiger partial charge < -0.3 is 15.5 Å². The SMILES string of the molecule is CCC(C)c1ccccc1N1CC(C(=O)NCCC2CCCNC2)CC1=O.Cl. The van der Waals surface area contributed by atoms with Gasteiger partial charge in [-0.1, -0.05) is 32.0 Å². The number of halogens is 1. The van der Waals surface area contributed by atoms with Gasteiger partial charge in [0.05, 0.1) is 5.92 Å². The molecule has 2 heterocycles. The minimum absolute atomic E-state index is 0. The predicted octanol–water partition coefficient (Wildman–Crippen LogP) is 3.48. The molecule has 2 aliphatic heterocycles. The van der Waals surface area contributed by atoms with E-state index in [-0.39, 0.29) is 30.1 Å². The van der Waals surface area contributed by atoms with Gasteiger partial charge in [0.1, 0.15) is 0 Å². The van der Waals surface area contributed by atoms with E-state index in [1.807, 2.05) is 23.1 Å². The van der Waals surface area contributed by atoms with E-state index in [4.69, 9.17) is 0 Å². The number of carbonyl (C=O) groups is 2. The summed E-state index contributed by atoms with van der Waals surface area (Å²) in [5, 5.41) is 6.48. The zero-order valence-corrected chi connectivity index (χ0v) is 17.9. The lowest BCUT2D eigenvalue weighted by Gasteiger charge is -2.23. The van der Waals surface area contributed by atoms with E-state index < -0.39 is 0 Å². The number of hydrogen-bond acceptors (Lipinski definition) is 3. The standard InChI is InChI=1S/C22H33N3O2.ClH/c1-3-16(2)19-8-4-5-9-20(19)25-15-18(13-21(25)26)22(27)24-12-10-17-7-6-11-23-14-17;/h4-5,8-9,16-18,23H,3,6-7,10-15H2,1-2H3,(H,24,27);1H. The molecule has 2 saturated heterocycles. The molecule has 2 fully saturated rings. The van der Waals surface area contributed by atoms with Gasteiger partial charge in [0.25, 0.3) is 0 Å². The molecule has 0 radical (unpaired) electrons. The van der Waals surface area contributed by atoms with Gasteiger partial charge in [0.15, 0.2) is 0 Å². The van der Waals surface area contributed by atoms with E-state index in [0.29, 0.717) is 31.3 Å². The number of anilines is 1. The van der Waals surface area contributed by atoms with Gasteiger partial charge in [0, 0.05) is 25.2 Å². The van der Waals surface area contributed by atoms with Crippen LogP contribution in [0.2, 0.25) is 0 Å². The van der Waals surface area contributed by atoms with E-state index in [2.05, 4.69) is 30.5 Å². The highest BCUT2D eigenvalue weighted by molar-refractivity contribution is 6.00. The highest BCUT2D eigenvalue weighted by Crippen LogP contribution is 2.33. The molecule has 0 bridgehead atoms. The number of amides is 2. The van der Waals surface area contributed by atoms with Crippen molar-refractivity contribution in [2.75, 3.05) is 31.1 Å². The monoisotopic (exact) mass is 407 g/mol. The number of para-hydroxylation sites is 1. The third kappa shape index (κ3) is 5.48. The van der Waals surface area contributed by atoms with Crippen LogP contribution < -0.4 is 15.5 Å². The molecular formula is C22H34ClN3O2. The molecule has 0 saturated carbocycles. The first-order valence-electron chi connectivity index (χ1n) is 10.5. The van der Waals surface area contributed by atoms with Crippen molar-refractivity contribution >= 4 is 29.9 Å². The zero-order valence-electron chi connectivity index (χ0n) is 17.1. The Morgan fingerprint density at radius 1 is 1.36 bits per heavy atom. The van der Waals surface area contributed by atoms with Gasteiger partial charge >= 0.3 is 0 Å². The quantitative estimate of drug-likeness (QED) is 0.727. The van der Waals surface area contributed by atoms with Crippen molar-refractivity contribution in [3.05, 3.63) is 29.8 Å². The van der Waals surface area contributed by atoms with E-state index in [1.54, 1.807) is 0 Å². The highest BCUT2D eigenvalue weighted by Gasteiger charge is 2.36. The Morgan fingerprint density at radius 3 is 2.86 bits per heavy atom. The Bertz CT molecular complexity index is 661. The number of carbonyl (C=O) groups excluding carboxylic acids is 2. The second-order valence-electron chi connectivity index (χ2n) is 8.07. The van der Waals surface area contributed by atoms with Gasteiger partial charge in [0.2, 0.25) is 11.8 Å². The Labute approximate surface area is 175 Å². The molecule has 6 heteroatoms. The summed E-state index contributed by atoms with van der Waals surface area (Å²) in [6.45, 7) is 7.70. The third-order valence-corrected chi connectivity index (χ3v) is 6.12. The maximum atomic E-state index is 12.6. The van der Waals surface area contributed by atoms with Crippen LogP contribution in [-0.2, 0) is 9.59 Å². The Morgan fingerprint density at radius 2 is 2.14 bits per heavy atom. The average Bonchev–Trinajstić information content (AvgIpc) is 3.09. The molecule has 0 aliphatic carbocycles. The van der Waals surface area contributed by atoms with Gasteiger partial charge in [-0.3, -0.25) is 9.59 Å². The van der Waals surface area contributed by atoms with Crippen molar-refractivity contribution in [2.45, 2.75) is 51.9 Å². The van der Waals surface area contributed by atoms with Crippen LogP contribution in [0.4, 0.5) is 5.69 Å². The largest absolute Gasteiger partial charge is 0.356 e. The van der Waals surface area contributed by atoms with Crippen LogP contribution in [0.15, 0.2) is 24.3 Å². The Hall–Kier alpha value is -1.59. The van der Waals surface area contributed by atoms with E-state index >= 15 is 0 Å². The normalized spacial score (nSPS) is 23.2. The molecule has 28 heavy (non-hydrogen) atoms. The van der Waals surface area contributed by atoms with Gasteiger partial charge in [-0.2, -0.15) is 0 Å². The van der Waals surface area contributed by atoms with Gasteiger partial charge in [-0.05, 0) is 62.2 Å². The van der Waals surface area contributed by atoms with Crippen molar-refractivity contribution in [2.24, 2.45) is 11.8 Å². The Kier molecular flexibility index (Phi) is 8.77. The van der Waals surface area contributed by atoms with Crippen LogP contribution in [0.5, 0.6) is 0 Å². The summed E-state index contributed by atoms with van der Waals surface area (Å²) in [6.07, 6.45) is 4.82. The van der Waals surface area contributed by atoms with Crippen LogP contribution >= 0.6 is 12.4 Å². The van der Waals surface area contributed by atoms with Gasteiger partial charge in [-0.25, -0.2) is 0 Å². The third-order valence-electron chi connectivity index (χ3n) is 6.12. The molecule has 2 amide bonds. The summed E-state index contributed by atoms with van der Waals surface area (Å²) in [4.78, 5) is 27.0. The summed E-state index contributed by atoms with van der Waals surface area (Å²) < 4.78 is 0. The van der Waals surface area contributed by atoms with Crippen LogP contribution in [0.3, 0.4) is 0 Å². The first-order valence-corrected chi connectivity index (χ1v) is 10.5. The maximum Gasteiger partial charge on any atom is 0.227 e. The minimum atomic E-state index is -0.244.